The minimum atomic E-state index is -4.74. The number of nitro groups is 2. The first-order valence-electron chi connectivity index (χ1n) is 5.90. The lowest BCUT2D eigenvalue weighted by atomic mass is 9.80. The third-order valence-electron chi connectivity index (χ3n) is 3.30. The number of halogens is 3. The smallest absolute Gasteiger partial charge is 0.265 e. The topological polar surface area (TPSA) is 86.3 Å². The summed E-state index contributed by atoms with van der Waals surface area (Å²) >= 11 is 0. The van der Waals surface area contributed by atoms with E-state index in [1.54, 1.807) is 0 Å². The van der Waals surface area contributed by atoms with E-state index in [1.807, 2.05) is 0 Å². The van der Waals surface area contributed by atoms with Gasteiger partial charge in [-0.05, 0) is 11.6 Å². The van der Waals surface area contributed by atoms with Crippen LogP contribution in [0.2, 0.25) is 0 Å². The Morgan fingerprint density at radius 3 is 2.10 bits per heavy atom. The van der Waals surface area contributed by atoms with Crippen molar-refractivity contribution in [1.29, 1.82) is 0 Å². The molecule has 1 rings (SSSR count). The fourth-order valence-electron chi connectivity index (χ4n) is 2.04. The lowest BCUT2D eigenvalue weighted by molar-refractivity contribution is -0.579. The van der Waals surface area contributed by atoms with Crippen LogP contribution in [-0.2, 0) is 6.18 Å². The molecule has 0 aromatic heterocycles. The minimum absolute atomic E-state index is 0.441. The molecule has 0 radical (unpaired) electrons. The van der Waals surface area contributed by atoms with Crippen molar-refractivity contribution in [2.24, 2.45) is 0 Å². The van der Waals surface area contributed by atoms with Gasteiger partial charge in [0.1, 0.15) is 5.92 Å². The number of rotatable bonds is 5. The number of benzene rings is 1. The van der Waals surface area contributed by atoms with Gasteiger partial charge in [0.05, 0.1) is 5.56 Å². The van der Waals surface area contributed by atoms with Crippen LogP contribution in [0, 0.1) is 20.2 Å². The Hall–Kier alpha value is -2.19. The largest absolute Gasteiger partial charge is 0.416 e. The summed E-state index contributed by atoms with van der Waals surface area (Å²) in [6, 6.07) is 4.21. The lowest BCUT2D eigenvalue weighted by Gasteiger charge is -2.26. The quantitative estimate of drug-likeness (QED) is 0.617. The van der Waals surface area contributed by atoms with E-state index in [9.17, 15) is 33.4 Å². The van der Waals surface area contributed by atoms with Gasteiger partial charge in [-0.1, -0.05) is 18.2 Å². The molecule has 1 aromatic carbocycles. The Morgan fingerprint density at radius 2 is 1.67 bits per heavy atom. The molecular weight excluding hydrogens is 293 g/mol. The molecule has 1 aromatic rings. The predicted octanol–water partition coefficient (Wildman–Crippen LogP) is 3.12. The average Bonchev–Trinajstić information content (AvgIpc) is 2.34. The van der Waals surface area contributed by atoms with Crippen LogP contribution < -0.4 is 0 Å². The molecule has 0 amide bonds. The molecule has 0 saturated carbocycles. The zero-order valence-electron chi connectivity index (χ0n) is 11.3. The average molecular weight is 306 g/mol. The van der Waals surface area contributed by atoms with Gasteiger partial charge in [-0.2, -0.15) is 13.2 Å². The molecular formula is C12H13F3N2O4. The molecule has 0 fully saturated rings. The van der Waals surface area contributed by atoms with Crippen molar-refractivity contribution in [2.75, 3.05) is 6.54 Å². The SMILES string of the molecule is CC(C)([C@@H](C[N+](=O)[O-])c1ccccc1C(F)(F)F)[N+](=O)[O-]. The van der Waals surface area contributed by atoms with Gasteiger partial charge < -0.3 is 0 Å². The molecule has 6 nitrogen and oxygen atoms in total. The van der Waals surface area contributed by atoms with Gasteiger partial charge in [-0.15, -0.1) is 0 Å². The van der Waals surface area contributed by atoms with Crippen LogP contribution in [-0.4, -0.2) is 21.9 Å². The van der Waals surface area contributed by atoms with Crippen molar-refractivity contribution >= 4 is 0 Å². The van der Waals surface area contributed by atoms with Gasteiger partial charge in [0.25, 0.3) is 0 Å². The van der Waals surface area contributed by atoms with Gasteiger partial charge in [0, 0.05) is 23.7 Å². The summed E-state index contributed by atoms with van der Waals surface area (Å²) in [5.41, 5.74) is -3.44. The monoisotopic (exact) mass is 306 g/mol. The first kappa shape index (κ1) is 16.9. The second kappa shape index (κ2) is 5.66. The highest BCUT2D eigenvalue weighted by Gasteiger charge is 2.48. The van der Waals surface area contributed by atoms with Crippen LogP contribution in [0.1, 0.15) is 30.9 Å². The Morgan fingerprint density at radius 1 is 1.14 bits per heavy atom. The molecule has 21 heavy (non-hydrogen) atoms. The highest BCUT2D eigenvalue weighted by atomic mass is 19.4. The van der Waals surface area contributed by atoms with Crippen molar-refractivity contribution in [3.05, 3.63) is 55.6 Å². The molecule has 0 saturated heterocycles. The van der Waals surface area contributed by atoms with Crippen LogP contribution in [0.4, 0.5) is 13.2 Å². The highest BCUT2D eigenvalue weighted by Crippen LogP contribution is 2.39. The molecule has 0 unspecified atom stereocenters. The second-order valence-corrected chi connectivity index (χ2v) is 5.06. The maximum absolute atomic E-state index is 13.0. The van der Waals surface area contributed by atoms with E-state index in [-0.39, 0.29) is 0 Å². The Labute approximate surface area is 117 Å². The highest BCUT2D eigenvalue weighted by molar-refractivity contribution is 5.34. The van der Waals surface area contributed by atoms with Crippen molar-refractivity contribution in [2.45, 2.75) is 31.5 Å². The number of hydrogen-bond acceptors (Lipinski definition) is 4. The molecule has 0 aliphatic carbocycles. The molecule has 0 aliphatic rings. The van der Waals surface area contributed by atoms with Crippen molar-refractivity contribution in [3.63, 3.8) is 0 Å². The van der Waals surface area contributed by atoms with E-state index in [0.29, 0.717) is 0 Å². The molecule has 0 aliphatic heterocycles. The van der Waals surface area contributed by atoms with Crippen molar-refractivity contribution < 1.29 is 23.0 Å². The van der Waals surface area contributed by atoms with Crippen molar-refractivity contribution in [1.82, 2.24) is 0 Å². The van der Waals surface area contributed by atoms with Crippen LogP contribution in [0.15, 0.2) is 24.3 Å². The predicted molar refractivity (Wildman–Crippen MR) is 67.1 cm³/mol. The standard InChI is InChI=1S/C12H13F3N2O4/c1-11(2,17(20)21)10(7-16(18)19)8-5-3-4-6-9(8)12(13,14)15/h3-6,10H,7H2,1-2H3/t10-/m0/s1. The third kappa shape index (κ3) is 3.67. The maximum atomic E-state index is 13.0. The first-order chi connectivity index (χ1) is 9.48. The molecule has 9 heteroatoms. The van der Waals surface area contributed by atoms with Gasteiger partial charge in [0.2, 0.25) is 12.1 Å². The fourth-order valence-corrected chi connectivity index (χ4v) is 2.04. The van der Waals surface area contributed by atoms with Crippen molar-refractivity contribution in [3.8, 4) is 0 Å². The summed E-state index contributed by atoms with van der Waals surface area (Å²) in [6.07, 6.45) is -4.74. The molecule has 0 bridgehead atoms. The number of alkyl halides is 3. The van der Waals surface area contributed by atoms with E-state index in [0.717, 1.165) is 32.0 Å². The van der Waals surface area contributed by atoms with Gasteiger partial charge in [0.15, 0.2) is 0 Å². The summed E-state index contributed by atoms with van der Waals surface area (Å²) in [4.78, 5) is 20.2. The molecule has 0 N–H and O–H groups in total. The summed E-state index contributed by atoms with van der Waals surface area (Å²) in [5, 5.41) is 21.8. The van der Waals surface area contributed by atoms with Gasteiger partial charge in [-0.3, -0.25) is 20.2 Å². The fraction of sp³-hybridized carbons (Fsp3) is 0.500. The summed E-state index contributed by atoms with van der Waals surface area (Å²) in [6.45, 7) is 1.20. The van der Waals surface area contributed by atoms with Gasteiger partial charge >= 0.3 is 6.18 Å². The van der Waals surface area contributed by atoms with Gasteiger partial charge in [-0.25, -0.2) is 0 Å². The third-order valence-corrected chi connectivity index (χ3v) is 3.30. The molecule has 0 heterocycles. The zero-order valence-corrected chi connectivity index (χ0v) is 11.3. The van der Waals surface area contributed by atoms with Crippen LogP contribution in [0.5, 0.6) is 0 Å². The summed E-state index contributed by atoms with van der Waals surface area (Å²) < 4.78 is 39.0. The second-order valence-electron chi connectivity index (χ2n) is 5.06. The zero-order chi connectivity index (χ0) is 16.4. The maximum Gasteiger partial charge on any atom is 0.416 e. The van der Waals surface area contributed by atoms with Crippen LogP contribution in [0.3, 0.4) is 0 Å². The molecule has 0 spiro atoms. The lowest BCUT2D eigenvalue weighted by Crippen LogP contribution is -2.42. The van der Waals surface area contributed by atoms with E-state index in [4.69, 9.17) is 0 Å². The van der Waals surface area contributed by atoms with Crippen LogP contribution in [0.25, 0.3) is 0 Å². The molecule has 116 valence electrons. The van der Waals surface area contributed by atoms with Crippen LogP contribution >= 0.6 is 0 Å². The summed E-state index contributed by atoms with van der Waals surface area (Å²) in [5.74, 6) is -1.50. The normalized spacial score (nSPS) is 13.8. The first-order valence-corrected chi connectivity index (χ1v) is 5.90. The number of hydrogen-bond donors (Lipinski definition) is 0. The number of nitrogens with zero attached hydrogens (tertiary/aromatic N) is 2. The minimum Gasteiger partial charge on any atom is -0.265 e. The Bertz CT molecular complexity index is 558. The Kier molecular flexibility index (Phi) is 4.55. The molecule has 1 atom stereocenters. The van der Waals surface area contributed by atoms with E-state index in [2.05, 4.69) is 0 Å². The Balaban J connectivity index is 3.48. The van der Waals surface area contributed by atoms with E-state index < -0.39 is 45.2 Å². The van der Waals surface area contributed by atoms with E-state index >= 15 is 0 Å². The van der Waals surface area contributed by atoms with E-state index in [1.165, 1.54) is 6.07 Å². The summed E-state index contributed by atoms with van der Waals surface area (Å²) in [7, 11) is 0.